The summed E-state index contributed by atoms with van der Waals surface area (Å²) in [6.07, 6.45) is 0. The second kappa shape index (κ2) is 8.01. The van der Waals surface area contributed by atoms with Gasteiger partial charge in [-0.2, -0.15) is 5.11 Å². The number of hydrogen-bond acceptors (Lipinski definition) is 5. The van der Waals surface area contributed by atoms with E-state index >= 15 is 0 Å². The van der Waals surface area contributed by atoms with Crippen LogP contribution in [0.4, 0.5) is 17.2 Å². The fourth-order valence-corrected chi connectivity index (χ4v) is 3.43. The number of rotatable bonds is 4. The molecule has 0 aliphatic carbocycles. The highest BCUT2D eigenvalue weighted by Gasteiger charge is 2.17. The molecule has 6 nitrogen and oxygen atoms in total. The number of nitrogens with two attached hydrogens (primary N) is 1. The molecule has 7 heteroatoms. The minimum atomic E-state index is 0.257. The molecule has 2 heterocycles. The molecular weight excluding hydrogens is 408 g/mol. The second-order valence-corrected chi connectivity index (χ2v) is 7.34. The SMILES string of the molecule is Nc1nn2c(-c3ccc(Cl)cc3)cc(-c3ccccc3)nc2c1N=Nc1ccccc1. The van der Waals surface area contributed by atoms with Gasteiger partial charge in [-0.05, 0) is 30.3 Å². The van der Waals surface area contributed by atoms with Crippen LogP contribution in [0.3, 0.4) is 0 Å². The zero-order valence-corrected chi connectivity index (χ0v) is 17.1. The molecule has 0 fully saturated rings. The molecule has 2 aromatic heterocycles. The predicted molar refractivity (Wildman–Crippen MR) is 124 cm³/mol. The van der Waals surface area contributed by atoms with E-state index in [1.165, 1.54) is 0 Å². The molecule has 150 valence electrons. The summed E-state index contributed by atoms with van der Waals surface area (Å²) >= 11 is 6.09. The van der Waals surface area contributed by atoms with Crippen LogP contribution in [0.5, 0.6) is 0 Å². The Labute approximate surface area is 183 Å². The fraction of sp³-hybridized carbons (Fsp3) is 0. The van der Waals surface area contributed by atoms with E-state index in [1.807, 2.05) is 91.0 Å². The summed E-state index contributed by atoms with van der Waals surface area (Å²) in [6, 6.07) is 28.9. The van der Waals surface area contributed by atoms with Gasteiger partial charge < -0.3 is 5.73 Å². The number of fused-ring (bicyclic) bond motifs is 1. The molecule has 31 heavy (non-hydrogen) atoms. The predicted octanol–water partition coefficient (Wildman–Crippen LogP) is 6.71. The van der Waals surface area contributed by atoms with Crippen LogP contribution in [-0.4, -0.2) is 14.6 Å². The van der Waals surface area contributed by atoms with E-state index in [-0.39, 0.29) is 5.82 Å². The average Bonchev–Trinajstić information content (AvgIpc) is 3.14. The minimum Gasteiger partial charge on any atom is -0.380 e. The second-order valence-electron chi connectivity index (χ2n) is 6.90. The van der Waals surface area contributed by atoms with E-state index in [2.05, 4.69) is 15.3 Å². The van der Waals surface area contributed by atoms with Gasteiger partial charge in [0.05, 0.1) is 17.1 Å². The van der Waals surface area contributed by atoms with Crippen LogP contribution in [0.2, 0.25) is 5.02 Å². The van der Waals surface area contributed by atoms with Crippen molar-refractivity contribution in [2.24, 2.45) is 10.2 Å². The van der Waals surface area contributed by atoms with E-state index in [4.69, 9.17) is 22.3 Å². The molecule has 2 N–H and O–H groups in total. The maximum atomic E-state index is 6.23. The van der Waals surface area contributed by atoms with Crippen molar-refractivity contribution in [1.29, 1.82) is 0 Å². The van der Waals surface area contributed by atoms with Gasteiger partial charge in [-0.3, -0.25) is 0 Å². The molecular formula is C24H17ClN6. The summed E-state index contributed by atoms with van der Waals surface area (Å²) < 4.78 is 1.70. The average molecular weight is 425 g/mol. The molecule has 5 aromatic rings. The van der Waals surface area contributed by atoms with Crippen molar-refractivity contribution in [3.8, 4) is 22.5 Å². The Hall–Kier alpha value is -4.03. The van der Waals surface area contributed by atoms with Crippen molar-refractivity contribution >= 4 is 34.4 Å². The number of benzene rings is 3. The van der Waals surface area contributed by atoms with Crippen LogP contribution in [0.15, 0.2) is 101 Å². The molecule has 0 unspecified atom stereocenters. The van der Waals surface area contributed by atoms with Gasteiger partial charge in [0.25, 0.3) is 0 Å². The molecule has 0 aliphatic heterocycles. The number of halogens is 1. The monoisotopic (exact) mass is 424 g/mol. The van der Waals surface area contributed by atoms with Gasteiger partial charge in [0, 0.05) is 16.1 Å². The van der Waals surface area contributed by atoms with Crippen molar-refractivity contribution in [2.45, 2.75) is 0 Å². The van der Waals surface area contributed by atoms with E-state index in [0.717, 1.165) is 28.2 Å². The first-order valence-electron chi connectivity index (χ1n) is 9.66. The fourth-order valence-electron chi connectivity index (χ4n) is 3.30. The number of anilines is 1. The molecule has 0 aliphatic rings. The van der Waals surface area contributed by atoms with Crippen LogP contribution in [0, 0.1) is 0 Å². The summed E-state index contributed by atoms with van der Waals surface area (Å²) in [7, 11) is 0. The van der Waals surface area contributed by atoms with Crippen molar-refractivity contribution in [3.05, 3.63) is 96.0 Å². The van der Waals surface area contributed by atoms with Crippen molar-refractivity contribution in [2.75, 3.05) is 5.73 Å². The first-order chi connectivity index (χ1) is 15.2. The van der Waals surface area contributed by atoms with Crippen LogP contribution >= 0.6 is 11.6 Å². The van der Waals surface area contributed by atoms with Gasteiger partial charge in [-0.1, -0.05) is 72.3 Å². The lowest BCUT2D eigenvalue weighted by Gasteiger charge is -2.09. The lowest BCUT2D eigenvalue weighted by atomic mass is 10.1. The highest BCUT2D eigenvalue weighted by Crippen LogP contribution is 2.34. The third kappa shape index (κ3) is 3.76. The van der Waals surface area contributed by atoms with Crippen molar-refractivity contribution < 1.29 is 0 Å². The Morgan fingerprint density at radius 1 is 0.774 bits per heavy atom. The van der Waals surface area contributed by atoms with Gasteiger partial charge >= 0.3 is 0 Å². The van der Waals surface area contributed by atoms with Gasteiger partial charge in [-0.15, -0.1) is 10.2 Å². The molecule has 0 amide bonds. The Morgan fingerprint density at radius 2 is 1.45 bits per heavy atom. The quantitative estimate of drug-likeness (QED) is 0.325. The Morgan fingerprint density at radius 3 is 2.16 bits per heavy atom. The maximum absolute atomic E-state index is 6.23. The van der Waals surface area contributed by atoms with Crippen molar-refractivity contribution in [3.63, 3.8) is 0 Å². The maximum Gasteiger partial charge on any atom is 0.186 e. The molecule has 5 rings (SSSR count). The van der Waals surface area contributed by atoms with Gasteiger partial charge in [0.2, 0.25) is 0 Å². The van der Waals surface area contributed by atoms with Gasteiger partial charge in [0.15, 0.2) is 17.2 Å². The summed E-state index contributed by atoms with van der Waals surface area (Å²) in [5, 5.41) is 13.9. The van der Waals surface area contributed by atoms with Crippen LogP contribution in [0.25, 0.3) is 28.2 Å². The summed E-state index contributed by atoms with van der Waals surface area (Å²) in [6.45, 7) is 0. The first-order valence-corrected chi connectivity index (χ1v) is 10.0. The minimum absolute atomic E-state index is 0.257. The summed E-state index contributed by atoms with van der Waals surface area (Å²) in [4.78, 5) is 4.82. The first kappa shape index (κ1) is 19.0. The van der Waals surface area contributed by atoms with E-state index in [9.17, 15) is 0 Å². The van der Waals surface area contributed by atoms with Crippen LogP contribution < -0.4 is 5.73 Å². The normalized spacial score (nSPS) is 11.4. The highest BCUT2D eigenvalue weighted by atomic mass is 35.5. The Kier molecular flexibility index (Phi) is 4.90. The number of hydrogen-bond donors (Lipinski definition) is 1. The van der Waals surface area contributed by atoms with E-state index in [1.54, 1.807) is 4.52 Å². The molecule has 0 atom stereocenters. The Bertz CT molecular complexity index is 1380. The zero-order chi connectivity index (χ0) is 21.2. The van der Waals surface area contributed by atoms with E-state index in [0.29, 0.717) is 16.4 Å². The number of azo groups is 1. The smallest absolute Gasteiger partial charge is 0.186 e. The van der Waals surface area contributed by atoms with Crippen molar-refractivity contribution in [1.82, 2.24) is 14.6 Å². The number of aromatic nitrogens is 3. The van der Waals surface area contributed by atoms with E-state index < -0.39 is 0 Å². The molecule has 0 saturated carbocycles. The van der Waals surface area contributed by atoms with Gasteiger partial charge in [0.1, 0.15) is 0 Å². The van der Waals surface area contributed by atoms with Crippen LogP contribution in [-0.2, 0) is 0 Å². The van der Waals surface area contributed by atoms with Crippen LogP contribution in [0.1, 0.15) is 0 Å². The number of nitrogen functional groups attached to an aromatic ring is 1. The summed E-state index contributed by atoms with van der Waals surface area (Å²) in [5.41, 5.74) is 11.4. The molecule has 0 bridgehead atoms. The lowest BCUT2D eigenvalue weighted by molar-refractivity contribution is 0.955. The number of nitrogens with zero attached hydrogens (tertiary/aromatic N) is 5. The zero-order valence-electron chi connectivity index (χ0n) is 16.4. The standard InChI is InChI=1S/C24H17ClN6/c25-18-13-11-17(12-14-18)21-15-20(16-7-3-1-4-8-16)27-24-22(23(26)30-31(21)24)29-28-19-9-5-2-6-10-19/h1-15H,(H2,26,30). The topological polar surface area (TPSA) is 80.9 Å². The van der Waals surface area contributed by atoms with Gasteiger partial charge in [-0.25, -0.2) is 9.50 Å². The molecule has 0 spiro atoms. The molecule has 0 saturated heterocycles. The lowest BCUT2D eigenvalue weighted by Crippen LogP contribution is -1.98. The molecule has 0 radical (unpaired) electrons. The summed E-state index contributed by atoms with van der Waals surface area (Å²) in [5.74, 6) is 0.257. The molecule has 3 aromatic carbocycles. The Balaban J connectivity index is 1.74. The highest BCUT2D eigenvalue weighted by molar-refractivity contribution is 6.30. The largest absolute Gasteiger partial charge is 0.380 e. The third-order valence-electron chi connectivity index (χ3n) is 4.82. The third-order valence-corrected chi connectivity index (χ3v) is 5.07.